The first-order valence-corrected chi connectivity index (χ1v) is 10.5. The molecule has 3 rings (SSSR count). The van der Waals surface area contributed by atoms with Crippen LogP contribution in [0, 0.1) is 23.2 Å². The number of hydrogen-bond acceptors (Lipinski definition) is 1. The SMILES string of the molecule is C[C@H](CN1CCCC[C@@H]1C)[C@H]1CC[C@H]2/C(=C/Br)CCC[C@]12C. The first-order chi connectivity index (χ1) is 10.6. The fourth-order valence-electron chi connectivity index (χ4n) is 6.07. The Labute approximate surface area is 146 Å². The van der Waals surface area contributed by atoms with Crippen molar-refractivity contribution in [1.82, 2.24) is 4.90 Å². The number of fused-ring (bicyclic) bond motifs is 1. The lowest BCUT2D eigenvalue weighted by molar-refractivity contribution is 0.0599. The number of halogens is 1. The second kappa shape index (κ2) is 6.97. The predicted molar refractivity (Wildman–Crippen MR) is 99.2 cm³/mol. The van der Waals surface area contributed by atoms with Gasteiger partial charge in [0.1, 0.15) is 0 Å². The molecule has 1 heterocycles. The van der Waals surface area contributed by atoms with E-state index in [0.717, 1.165) is 23.8 Å². The number of rotatable bonds is 3. The van der Waals surface area contributed by atoms with Gasteiger partial charge in [0.05, 0.1) is 0 Å². The highest BCUT2D eigenvalue weighted by molar-refractivity contribution is 9.11. The summed E-state index contributed by atoms with van der Waals surface area (Å²) < 4.78 is 0. The van der Waals surface area contributed by atoms with Gasteiger partial charge in [0.2, 0.25) is 0 Å². The van der Waals surface area contributed by atoms with Crippen molar-refractivity contribution in [2.45, 2.75) is 78.2 Å². The van der Waals surface area contributed by atoms with Crippen LogP contribution in [0.3, 0.4) is 0 Å². The fourth-order valence-corrected chi connectivity index (χ4v) is 6.62. The van der Waals surface area contributed by atoms with Crippen LogP contribution in [0.15, 0.2) is 10.6 Å². The van der Waals surface area contributed by atoms with Gasteiger partial charge in [0.15, 0.2) is 0 Å². The van der Waals surface area contributed by atoms with E-state index in [4.69, 9.17) is 0 Å². The molecule has 3 aliphatic rings. The number of nitrogens with zero attached hydrogens (tertiary/aromatic N) is 1. The summed E-state index contributed by atoms with van der Waals surface area (Å²) in [5.41, 5.74) is 2.27. The summed E-state index contributed by atoms with van der Waals surface area (Å²) in [6.07, 6.45) is 11.3. The van der Waals surface area contributed by atoms with Crippen molar-refractivity contribution in [3.05, 3.63) is 10.6 Å². The van der Waals surface area contributed by atoms with Gasteiger partial charge in [0, 0.05) is 12.6 Å². The Morgan fingerprint density at radius 3 is 2.82 bits per heavy atom. The van der Waals surface area contributed by atoms with E-state index < -0.39 is 0 Å². The van der Waals surface area contributed by atoms with Gasteiger partial charge in [-0.05, 0) is 86.6 Å². The zero-order valence-corrected chi connectivity index (χ0v) is 16.4. The topological polar surface area (TPSA) is 3.24 Å². The number of piperidine rings is 1. The lowest BCUT2D eigenvalue weighted by atomic mass is 9.61. The summed E-state index contributed by atoms with van der Waals surface area (Å²) in [7, 11) is 0. The van der Waals surface area contributed by atoms with E-state index in [1.165, 1.54) is 64.5 Å². The summed E-state index contributed by atoms with van der Waals surface area (Å²) in [6.45, 7) is 10.3. The third-order valence-corrected chi connectivity index (χ3v) is 7.92. The summed E-state index contributed by atoms with van der Waals surface area (Å²) in [6, 6.07) is 0.811. The highest BCUT2D eigenvalue weighted by Crippen LogP contribution is 2.59. The first kappa shape index (κ1) is 17.0. The average Bonchev–Trinajstić information content (AvgIpc) is 2.86. The second-order valence-electron chi connectivity index (χ2n) is 8.60. The molecule has 3 fully saturated rings. The van der Waals surface area contributed by atoms with Gasteiger partial charge in [-0.3, -0.25) is 0 Å². The van der Waals surface area contributed by atoms with Crippen LogP contribution in [0.25, 0.3) is 0 Å². The maximum absolute atomic E-state index is 3.65. The second-order valence-corrected chi connectivity index (χ2v) is 9.05. The van der Waals surface area contributed by atoms with Crippen LogP contribution >= 0.6 is 15.9 Å². The molecular weight excluding hydrogens is 334 g/mol. The van der Waals surface area contributed by atoms with Crippen LogP contribution in [-0.4, -0.2) is 24.0 Å². The Bertz CT molecular complexity index is 418. The van der Waals surface area contributed by atoms with Gasteiger partial charge in [-0.15, -0.1) is 0 Å². The zero-order chi connectivity index (χ0) is 15.7. The van der Waals surface area contributed by atoms with Crippen molar-refractivity contribution in [3.8, 4) is 0 Å². The van der Waals surface area contributed by atoms with E-state index in [9.17, 15) is 0 Å². The molecule has 0 aromatic rings. The van der Waals surface area contributed by atoms with Gasteiger partial charge in [-0.25, -0.2) is 0 Å². The zero-order valence-electron chi connectivity index (χ0n) is 14.8. The van der Waals surface area contributed by atoms with Crippen molar-refractivity contribution >= 4 is 15.9 Å². The molecule has 0 bridgehead atoms. The summed E-state index contributed by atoms with van der Waals surface area (Å²) in [5.74, 6) is 2.63. The molecule has 1 saturated heterocycles. The molecule has 2 saturated carbocycles. The monoisotopic (exact) mass is 367 g/mol. The lowest BCUT2D eigenvalue weighted by Gasteiger charge is -2.45. The Morgan fingerprint density at radius 2 is 2.09 bits per heavy atom. The van der Waals surface area contributed by atoms with Crippen LogP contribution < -0.4 is 0 Å². The molecule has 1 nitrogen and oxygen atoms in total. The average molecular weight is 368 g/mol. The van der Waals surface area contributed by atoms with Gasteiger partial charge >= 0.3 is 0 Å². The maximum Gasteiger partial charge on any atom is 0.00670 e. The number of likely N-dealkylation sites (tertiary alicyclic amines) is 1. The van der Waals surface area contributed by atoms with Gasteiger partial charge in [0.25, 0.3) is 0 Å². The highest BCUT2D eigenvalue weighted by atomic mass is 79.9. The number of hydrogen-bond donors (Lipinski definition) is 0. The first-order valence-electron chi connectivity index (χ1n) is 9.59. The molecule has 1 aliphatic heterocycles. The molecule has 2 heteroatoms. The molecule has 0 aromatic carbocycles. The normalized spacial score (nSPS) is 43.3. The van der Waals surface area contributed by atoms with Gasteiger partial charge in [-0.1, -0.05) is 41.8 Å². The molecule has 0 amide bonds. The van der Waals surface area contributed by atoms with E-state index >= 15 is 0 Å². The van der Waals surface area contributed by atoms with Crippen molar-refractivity contribution in [3.63, 3.8) is 0 Å². The summed E-state index contributed by atoms with van der Waals surface area (Å²) in [5, 5.41) is 0. The largest absolute Gasteiger partial charge is 0.300 e. The van der Waals surface area contributed by atoms with Crippen LogP contribution in [0.2, 0.25) is 0 Å². The Hall–Kier alpha value is 0.180. The molecule has 0 spiro atoms. The van der Waals surface area contributed by atoms with Crippen molar-refractivity contribution in [1.29, 1.82) is 0 Å². The molecule has 22 heavy (non-hydrogen) atoms. The quantitative estimate of drug-likeness (QED) is 0.591. The third kappa shape index (κ3) is 3.07. The van der Waals surface area contributed by atoms with Crippen molar-refractivity contribution in [2.24, 2.45) is 23.2 Å². The number of allylic oxidation sites excluding steroid dienone is 1. The van der Waals surface area contributed by atoms with E-state index in [2.05, 4.69) is 46.6 Å². The molecule has 0 radical (unpaired) electrons. The smallest absolute Gasteiger partial charge is 0.00670 e. The molecule has 0 N–H and O–H groups in total. The van der Waals surface area contributed by atoms with Gasteiger partial charge < -0.3 is 4.90 Å². The Kier molecular flexibility index (Phi) is 5.39. The van der Waals surface area contributed by atoms with Crippen LogP contribution in [0.4, 0.5) is 0 Å². The van der Waals surface area contributed by atoms with E-state index in [-0.39, 0.29) is 0 Å². The van der Waals surface area contributed by atoms with Crippen LogP contribution in [0.5, 0.6) is 0 Å². The highest BCUT2D eigenvalue weighted by Gasteiger charge is 2.50. The summed E-state index contributed by atoms with van der Waals surface area (Å²) in [4.78, 5) is 5.05. The molecular formula is C20H34BrN. The third-order valence-electron chi connectivity index (χ3n) is 7.33. The predicted octanol–water partition coefficient (Wildman–Crippen LogP) is 5.99. The molecule has 0 aromatic heterocycles. The Balaban J connectivity index is 1.69. The maximum atomic E-state index is 3.65. The minimum Gasteiger partial charge on any atom is -0.300 e. The van der Waals surface area contributed by atoms with Crippen molar-refractivity contribution < 1.29 is 0 Å². The van der Waals surface area contributed by atoms with E-state index in [0.29, 0.717) is 5.41 Å². The van der Waals surface area contributed by atoms with E-state index in [1.54, 1.807) is 5.57 Å². The standard InChI is InChI=1S/C20H34BrN/c1-15(14-22-12-5-4-7-16(22)2)18-9-10-19-17(13-21)8-6-11-20(18,19)3/h13,15-16,18-19H,4-12,14H2,1-3H3/b17-13+/t15-,16+,18-,19+,20-/m1/s1. The molecule has 0 unspecified atom stereocenters. The minimum absolute atomic E-state index is 0.566. The Morgan fingerprint density at radius 1 is 1.27 bits per heavy atom. The van der Waals surface area contributed by atoms with Crippen LogP contribution in [0.1, 0.15) is 72.1 Å². The molecule has 2 aliphatic carbocycles. The molecule has 126 valence electrons. The fraction of sp³-hybridized carbons (Fsp3) is 0.900. The summed E-state index contributed by atoms with van der Waals surface area (Å²) >= 11 is 3.65. The molecule has 5 atom stereocenters. The van der Waals surface area contributed by atoms with Crippen molar-refractivity contribution in [2.75, 3.05) is 13.1 Å². The van der Waals surface area contributed by atoms with Gasteiger partial charge in [-0.2, -0.15) is 0 Å². The minimum atomic E-state index is 0.566. The van der Waals surface area contributed by atoms with E-state index in [1.807, 2.05) is 0 Å². The lowest BCUT2D eigenvalue weighted by Crippen LogP contribution is -2.44. The van der Waals surface area contributed by atoms with Crippen LogP contribution in [-0.2, 0) is 0 Å².